The van der Waals surface area contributed by atoms with Crippen LogP contribution >= 0.6 is 0 Å². The lowest BCUT2D eigenvalue weighted by atomic mass is 10.1. The Balaban J connectivity index is 1.37. The molecule has 9 heteroatoms. The second kappa shape index (κ2) is 9.65. The molecule has 2 fully saturated rings. The van der Waals surface area contributed by atoms with Gasteiger partial charge in [-0.3, -0.25) is 14.9 Å². The van der Waals surface area contributed by atoms with Gasteiger partial charge in [0.25, 0.3) is 11.6 Å². The molecule has 2 aliphatic heterocycles. The van der Waals surface area contributed by atoms with Gasteiger partial charge >= 0.3 is 0 Å². The Labute approximate surface area is 180 Å². The minimum Gasteiger partial charge on any atom is -0.484 e. The third-order valence-corrected chi connectivity index (χ3v) is 5.61. The minimum atomic E-state index is -0.335. The summed E-state index contributed by atoms with van der Waals surface area (Å²) in [6.45, 7) is 4.90. The quantitative estimate of drug-likeness (QED) is 0.517. The van der Waals surface area contributed by atoms with Crippen LogP contribution in [-0.4, -0.2) is 74.8 Å². The average molecular weight is 426 g/mol. The lowest BCUT2D eigenvalue weighted by Crippen LogP contribution is -2.50. The summed E-state index contributed by atoms with van der Waals surface area (Å²) >= 11 is 0. The van der Waals surface area contributed by atoms with Gasteiger partial charge in [-0.25, -0.2) is 0 Å². The van der Waals surface area contributed by atoms with E-state index in [-0.39, 0.29) is 23.1 Å². The zero-order chi connectivity index (χ0) is 21.6. The Hall–Kier alpha value is -3.33. The highest BCUT2D eigenvalue weighted by Gasteiger charge is 2.26. The van der Waals surface area contributed by atoms with Crippen LogP contribution in [-0.2, 0) is 9.53 Å². The van der Waals surface area contributed by atoms with E-state index in [1.807, 2.05) is 41.3 Å². The normalized spacial score (nSPS) is 16.8. The molecule has 0 radical (unpaired) electrons. The minimum absolute atomic E-state index is 0.0166. The van der Waals surface area contributed by atoms with Crippen LogP contribution in [0, 0.1) is 10.1 Å². The molecule has 0 spiro atoms. The van der Waals surface area contributed by atoms with Gasteiger partial charge in [-0.05, 0) is 24.3 Å². The van der Waals surface area contributed by atoms with Crippen molar-refractivity contribution in [3.05, 3.63) is 58.6 Å². The van der Waals surface area contributed by atoms with Gasteiger partial charge in [0.2, 0.25) is 0 Å². The smallest absolute Gasteiger partial charge is 0.292 e. The number of para-hydroxylation sites is 1. The molecule has 0 bridgehead atoms. The summed E-state index contributed by atoms with van der Waals surface area (Å²) in [4.78, 5) is 29.6. The van der Waals surface area contributed by atoms with E-state index in [2.05, 4.69) is 4.90 Å². The van der Waals surface area contributed by atoms with E-state index in [0.29, 0.717) is 63.9 Å². The molecule has 0 unspecified atom stereocenters. The maximum atomic E-state index is 12.5. The van der Waals surface area contributed by atoms with Gasteiger partial charge in [0.05, 0.1) is 18.1 Å². The van der Waals surface area contributed by atoms with Crippen LogP contribution in [0.1, 0.15) is 0 Å². The molecule has 1 amide bonds. The Morgan fingerprint density at radius 3 is 2.35 bits per heavy atom. The number of hydrogen-bond acceptors (Lipinski definition) is 7. The Morgan fingerprint density at radius 2 is 1.68 bits per heavy atom. The lowest BCUT2D eigenvalue weighted by molar-refractivity contribution is -0.384. The number of nitro groups is 1. The second-order valence-electron chi connectivity index (χ2n) is 7.50. The van der Waals surface area contributed by atoms with Crippen LogP contribution < -0.4 is 14.5 Å². The molecular weight excluding hydrogens is 400 g/mol. The zero-order valence-corrected chi connectivity index (χ0v) is 17.3. The molecule has 2 aromatic carbocycles. The van der Waals surface area contributed by atoms with Crippen LogP contribution in [0.3, 0.4) is 0 Å². The van der Waals surface area contributed by atoms with Crippen molar-refractivity contribution in [1.29, 1.82) is 0 Å². The highest BCUT2D eigenvalue weighted by atomic mass is 16.6. The molecule has 0 saturated carbocycles. The van der Waals surface area contributed by atoms with Crippen LogP contribution in [0.5, 0.6) is 5.75 Å². The van der Waals surface area contributed by atoms with Crippen molar-refractivity contribution in [3.63, 3.8) is 0 Å². The molecule has 9 nitrogen and oxygen atoms in total. The number of piperazine rings is 1. The van der Waals surface area contributed by atoms with Crippen molar-refractivity contribution in [3.8, 4) is 5.75 Å². The number of carbonyl (C=O) groups is 1. The summed E-state index contributed by atoms with van der Waals surface area (Å²) < 4.78 is 10.9. The number of ether oxygens (including phenoxy) is 2. The van der Waals surface area contributed by atoms with Crippen LogP contribution in [0.4, 0.5) is 17.1 Å². The Kier molecular flexibility index (Phi) is 6.51. The van der Waals surface area contributed by atoms with Crippen molar-refractivity contribution in [1.82, 2.24) is 4.90 Å². The number of morpholine rings is 1. The topological polar surface area (TPSA) is 88.4 Å². The number of carbonyl (C=O) groups excluding carboxylic acids is 1. The van der Waals surface area contributed by atoms with Crippen molar-refractivity contribution >= 4 is 23.0 Å². The average Bonchev–Trinajstić information content (AvgIpc) is 2.83. The molecule has 0 aliphatic carbocycles. The van der Waals surface area contributed by atoms with E-state index >= 15 is 0 Å². The Morgan fingerprint density at radius 1 is 0.968 bits per heavy atom. The van der Waals surface area contributed by atoms with E-state index in [1.54, 1.807) is 17.0 Å². The van der Waals surface area contributed by atoms with Crippen molar-refractivity contribution < 1.29 is 19.2 Å². The van der Waals surface area contributed by atoms with Crippen molar-refractivity contribution in [2.24, 2.45) is 0 Å². The SMILES string of the molecule is O=C(COc1ccccc1)N1CCN(c2ccc([N+](=O)[O-])c(N3CCOCC3)c2)CC1. The number of nitrogens with zero attached hydrogens (tertiary/aromatic N) is 4. The molecule has 0 aromatic heterocycles. The van der Waals surface area contributed by atoms with Crippen LogP contribution in [0.25, 0.3) is 0 Å². The molecule has 2 saturated heterocycles. The predicted octanol–water partition coefficient (Wildman–Crippen LogP) is 2.16. The standard InChI is InChI=1S/C22H26N4O5/c27-22(17-31-19-4-2-1-3-5-19)25-10-8-23(9-11-25)18-6-7-20(26(28)29)21(16-18)24-12-14-30-15-13-24/h1-7,16H,8-15,17H2. The van der Waals surface area contributed by atoms with Crippen LogP contribution in [0.15, 0.2) is 48.5 Å². The van der Waals surface area contributed by atoms with Gasteiger partial charge in [-0.1, -0.05) is 18.2 Å². The summed E-state index contributed by atoms with van der Waals surface area (Å²) in [7, 11) is 0. The van der Waals surface area contributed by atoms with Gasteiger partial charge in [-0.2, -0.15) is 0 Å². The lowest BCUT2D eigenvalue weighted by Gasteiger charge is -2.36. The number of anilines is 2. The molecular formula is C22H26N4O5. The molecule has 2 heterocycles. The van der Waals surface area contributed by atoms with Gasteiger partial charge in [0.1, 0.15) is 11.4 Å². The summed E-state index contributed by atoms with van der Waals surface area (Å²) in [5.74, 6) is 0.636. The largest absolute Gasteiger partial charge is 0.484 e. The fourth-order valence-electron chi connectivity index (χ4n) is 3.89. The van der Waals surface area contributed by atoms with E-state index in [0.717, 1.165) is 5.69 Å². The molecule has 0 atom stereocenters. The molecule has 164 valence electrons. The molecule has 0 N–H and O–H groups in total. The fourth-order valence-corrected chi connectivity index (χ4v) is 3.89. The number of rotatable bonds is 6. The maximum Gasteiger partial charge on any atom is 0.292 e. The van der Waals surface area contributed by atoms with Gasteiger partial charge in [0.15, 0.2) is 6.61 Å². The van der Waals surface area contributed by atoms with Crippen molar-refractivity contribution in [2.45, 2.75) is 0 Å². The highest BCUT2D eigenvalue weighted by Crippen LogP contribution is 2.33. The highest BCUT2D eigenvalue weighted by molar-refractivity contribution is 5.78. The first-order valence-corrected chi connectivity index (χ1v) is 10.4. The van der Waals surface area contributed by atoms with Crippen molar-refractivity contribution in [2.75, 3.05) is 68.9 Å². The van der Waals surface area contributed by atoms with E-state index < -0.39 is 0 Å². The first-order chi connectivity index (χ1) is 15.1. The summed E-state index contributed by atoms with van der Waals surface area (Å²) in [5, 5.41) is 11.5. The summed E-state index contributed by atoms with van der Waals surface area (Å²) in [6.07, 6.45) is 0. The van der Waals surface area contributed by atoms with E-state index in [1.165, 1.54) is 0 Å². The monoisotopic (exact) mass is 426 g/mol. The van der Waals surface area contributed by atoms with Gasteiger partial charge < -0.3 is 24.2 Å². The number of nitro benzene ring substituents is 1. The number of amides is 1. The summed E-state index contributed by atoms with van der Waals surface area (Å²) in [6, 6.07) is 14.5. The van der Waals surface area contributed by atoms with E-state index in [9.17, 15) is 14.9 Å². The maximum absolute atomic E-state index is 12.5. The second-order valence-corrected chi connectivity index (χ2v) is 7.50. The number of hydrogen-bond donors (Lipinski definition) is 0. The van der Waals surface area contributed by atoms with Crippen LogP contribution in [0.2, 0.25) is 0 Å². The number of benzene rings is 2. The molecule has 2 aromatic rings. The molecule has 4 rings (SSSR count). The third-order valence-electron chi connectivity index (χ3n) is 5.61. The van der Waals surface area contributed by atoms with E-state index in [4.69, 9.17) is 9.47 Å². The predicted molar refractivity (Wildman–Crippen MR) is 117 cm³/mol. The first kappa shape index (κ1) is 20.9. The zero-order valence-electron chi connectivity index (χ0n) is 17.3. The van der Waals surface area contributed by atoms with Gasteiger partial charge in [0, 0.05) is 51.0 Å². The summed E-state index contributed by atoms with van der Waals surface area (Å²) in [5.41, 5.74) is 1.66. The fraction of sp³-hybridized carbons (Fsp3) is 0.409. The molecule has 2 aliphatic rings. The first-order valence-electron chi connectivity index (χ1n) is 10.4. The Bertz CT molecular complexity index is 909. The third kappa shape index (κ3) is 5.05. The molecule has 31 heavy (non-hydrogen) atoms. The van der Waals surface area contributed by atoms with Gasteiger partial charge in [-0.15, -0.1) is 0 Å².